The van der Waals surface area contributed by atoms with Crippen LogP contribution < -0.4 is 10.1 Å². The van der Waals surface area contributed by atoms with E-state index in [1.165, 1.54) is 16.9 Å². The molecule has 3 aromatic rings. The van der Waals surface area contributed by atoms with Crippen LogP contribution >= 0.6 is 11.3 Å². The second kappa shape index (κ2) is 8.57. The van der Waals surface area contributed by atoms with Gasteiger partial charge in [-0.05, 0) is 29.0 Å². The summed E-state index contributed by atoms with van der Waals surface area (Å²) in [5, 5.41) is 5.35. The van der Waals surface area contributed by atoms with Gasteiger partial charge in [-0.1, -0.05) is 70.2 Å². The summed E-state index contributed by atoms with van der Waals surface area (Å²) < 4.78 is 5.78. The highest BCUT2D eigenvalue weighted by atomic mass is 32.1. The molecular weight excluding hydrogens is 368 g/mol. The topological polar surface area (TPSA) is 51.2 Å². The molecule has 0 aliphatic carbocycles. The summed E-state index contributed by atoms with van der Waals surface area (Å²) in [6, 6.07) is 16.2. The number of carbonyl (C=O) groups excluding carboxylic acids is 1. The summed E-state index contributed by atoms with van der Waals surface area (Å²) in [6.45, 7) is 8.46. The zero-order valence-electron chi connectivity index (χ0n) is 16.8. The van der Waals surface area contributed by atoms with Crippen molar-refractivity contribution in [1.29, 1.82) is 0 Å². The first-order valence-corrected chi connectivity index (χ1v) is 10.3. The average Bonchev–Trinajstić information content (AvgIpc) is 3.14. The van der Waals surface area contributed by atoms with Gasteiger partial charge in [0.15, 0.2) is 11.7 Å². The Labute approximate surface area is 170 Å². The van der Waals surface area contributed by atoms with E-state index in [-0.39, 0.29) is 17.9 Å². The maximum absolute atomic E-state index is 12.3. The van der Waals surface area contributed by atoms with Crippen LogP contribution in [-0.2, 0) is 16.6 Å². The van der Waals surface area contributed by atoms with E-state index >= 15 is 0 Å². The standard InChI is InChI=1S/C23H26N2O2S/c1-5-16-10-12-17(13-11-16)19-15-28-22(24-19)25-21(26)14-27-20-9-7-6-8-18(20)23(2,3)4/h6-13,15H,5,14H2,1-4H3,(H,24,25,26). The molecule has 1 aromatic heterocycles. The maximum atomic E-state index is 12.3. The molecule has 1 heterocycles. The first-order valence-electron chi connectivity index (χ1n) is 9.44. The molecule has 2 aromatic carbocycles. The van der Waals surface area contributed by atoms with E-state index in [0.29, 0.717) is 5.13 Å². The van der Waals surface area contributed by atoms with E-state index in [2.05, 4.69) is 62.3 Å². The summed E-state index contributed by atoms with van der Waals surface area (Å²) in [5.74, 6) is 0.520. The van der Waals surface area contributed by atoms with Gasteiger partial charge in [-0.15, -0.1) is 11.3 Å². The normalized spacial score (nSPS) is 11.3. The van der Waals surface area contributed by atoms with E-state index < -0.39 is 0 Å². The van der Waals surface area contributed by atoms with Gasteiger partial charge >= 0.3 is 0 Å². The molecule has 3 rings (SSSR count). The Hall–Kier alpha value is -2.66. The lowest BCUT2D eigenvalue weighted by Gasteiger charge is -2.22. The molecule has 5 heteroatoms. The van der Waals surface area contributed by atoms with Crippen LogP contribution in [0, 0.1) is 0 Å². The summed E-state index contributed by atoms with van der Waals surface area (Å²) in [7, 11) is 0. The molecule has 1 N–H and O–H groups in total. The number of anilines is 1. The van der Waals surface area contributed by atoms with Crippen LogP contribution in [0.25, 0.3) is 11.3 Å². The molecule has 0 unspecified atom stereocenters. The molecular formula is C23H26N2O2S. The quantitative estimate of drug-likeness (QED) is 0.584. The Morgan fingerprint density at radius 3 is 2.50 bits per heavy atom. The Morgan fingerprint density at radius 2 is 1.82 bits per heavy atom. The van der Waals surface area contributed by atoms with E-state index in [4.69, 9.17) is 4.74 Å². The van der Waals surface area contributed by atoms with Crippen molar-refractivity contribution in [3.63, 3.8) is 0 Å². The summed E-state index contributed by atoms with van der Waals surface area (Å²) in [5.41, 5.74) is 4.23. The summed E-state index contributed by atoms with van der Waals surface area (Å²) in [6.07, 6.45) is 1.01. The summed E-state index contributed by atoms with van der Waals surface area (Å²) >= 11 is 1.41. The van der Waals surface area contributed by atoms with Crippen molar-refractivity contribution in [3.8, 4) is 17.0 Å². The largest absolute Gasteiger partial charge is 0.483 e. The Kier molecular flexibility index (Phi) is 6.15. The van der Waals surface area contributed by atoms with E-state index in [9.17, 15) is 4.79 Å². The minimum Gasteiger partial charge on any atom is -0.483 e. The van der Waals surface area contributed by atoms with Gasteiger partial charge < -0.3 is 4.74 Å². The molecule has 0 saturated heterocycles. The first-order chi connectivity index (χ1) is 13.4. The number of hydrogen-bond acceptors (Lipinski definition) is 4. The number of ether oxygens (including phenoxy) is 1. The fourth-order valence-corrected chi connectivity index (χ4v) is 3.62. The van der Waals surface area contributed by atoms with Gasteiger partial charge in [0.05, 0.1) is 5.69 Å². The Morgan fingerprint density at radius 1 is 1.11 bits per heavy atom. The van der Waals surface area contributed by atoms with Gasteiger partial charge in [-0.2, -0.15) is 0 Å². The number of rotatable bonds is 6. The highest BCUT2D eigenvalue weighted by molar-refractivity contribution is 7.14. The SMILES string of the molecule is CCc1ccc(-c2csc(NC(=O)COc3ccccc3C(C)(C)C)n2)cc1. The zero-order valence-corrected chi connectivity index (χ0v) is 17.6. The molecule has 28 heavy (non-hydrogen) atoms. The molecule has 0 aliphatic rings. The fraction of sp³-hybridized carbons (Fsp3) is 0.304. The van der Waals surface area contributed by atoms with Gasteiger partial charge in [0, 0.05) is 10.9 Å². The number of amides is 1. The Bertz CT molecular complexity index is 940. The van der Waals surface area contributed by atoms with Crippen molar-refractivity contribution in [1.82, 2.24) is 4.98 Å². The molecule has 0 aliphatic heterocycles. The molecule has 146 valence electrons. The number of hydrogen-bond donors (Lipinski definition) is 1. The first kappa shape index (κ1) is 20.1. The number of para-hydroxylation sites is 1. The number of carbonyl (C=O) groups is 1. The lowest BCUT2D eigenvalue weighted by Crippen LogP contribution is -2.21. The molecule has 0 bridgehead atoms. The minimum atomic E-state index is -0.217. The highest BCUT2D eigenvalue weighted by Crippen LogP contribution is 2.31. The third-order valence-electron chi connectivity index (χ3n) is 4.46. The van der Waals surface area contributed by atoms with Crippen LogP contribution in [0.3, 0.4) is 0 Å². The summed E-state index contributed by atoms with van der Waals surface area (Å²) in [4.78, 5) is 16.8. The second-order valence-electron chi connectivity index (χ2n) is 7.67. The monoisotopic (exact) mass is 394 g/mol. The van der Waals surface area contributed by atoms with Crippen molar-refractivity contribution in [2.75, 3.05) is 11.9 Å². The average molecular weight is 395 g/mol. The molecule has 0 spiro atoms. The molecule has 0 fully saturated rings. The van der Waals surface area contributed by atoms with Gasteiger partial charge in [0.25, 0.3) is 5.91 Å². The van der Waals surface area contributed by atoms with E-state index in [1.54, 1.807) is 0 Å². The van der Waals surface area contributed by atoms with E-state index in [1.807, 2.05) is 29.6 Å². The van der Waals surface area contributed by atoms with E-state index in [0.717, 1.165) is 29.0 Å². The van der Waals surface area contributed by atoms with Crippen molar-refractivity contribution in [2.45, 2.75) is 39.5 Å². The minimum absolute atomic E-state index is 0.0484. The van der Waals surface area contributed by atoms with Gasteiger partial charge in [0.1, 0.15) is 5.75 Å². The number of thiazole rings is 1. The predicted molar refractivity (Wildman–Crippen MR) is 116 cm³/mol. The Balaban J connectivity index is 1.61. The lowest BCUT2D eigenvalue weighted by atomic mass is 9.86. The van der Waals surface area contributed by atoms with Gasteiger partial charge in [0.2, 0.25) is 0 Å². The maximum Gasteiger partial charge on any atom is 0.264 e. The van der Waals surface area contributed by atoms with Crippen LogP contribution in [0.2, 0.25) is 0 Å². The smallest absolute Gasteiger partial charge is 0.264 e. The van der Waals surface area contributed by atoms with Crippen molar-refractivity contribution < 1.29 is 9.53 Å². The zero-order chi connectivity index (χ0) is 20.1. The van der Waals surface area contributed by atoms with Crippen molar-refractivity contribution >= 4 is 22.4 Å². The molecule has 0 atom stereocenters. The number of aromatic nitrogens is 1. The fourth-order valence-electron chi connectivity index (χ4n) is 2.89. The van der Waals surface area contributed by atoms with Crippen LogP contribution in [0.1, 0.15) is 38.8 Å². The van der Waals surface area contributed by atoms with Gasteiger partial charge in [-0.25, -0.2) is 4.98 Å². The predicted octanol–water partition coefficient (Wildman–Crippen LogP) is 5.69. The second-order valence-corrected chi connectivity index (χ2v) is 8.53. The third-order valence-corrected chi connectivity index (χ3v) is 5.22. The van der Waals surface area contributed by atoms with Crippen LogP contribution in [0.5, 0.6) is 5.75 Å². The van der Waals surface area contributed by atoms with Crippen molar-refractivity contribution in [2.24, 2.45) is 0 Å². The number of benzene rings is 2. The number of nitrogens with zero attached hydrogens (tertiary/aromatic N) is 1. The van der Waals surface area contributed by atoms with Crippen LogP contribution in [0.4, 0.5) is 5.13 Å². The molecule has 0 radical (unpaired) electrons. The molecule has 1 amide bonds. The van der Waals surface area contributed by atoms with Crippen molar-refractivity contribution in [3.05, 3.63) is 65.0 Å². The van der Waals surface area contributed by atoms with Crippen LogP contribution in [-0.4, -0.2) is 17.5 Å². The molecule has 4 nitrogen and oxygen atoms in total. The van der Waals surface area contributed by atoms with Crippen LogP contribution in [0.15, 0.2) is 53.9 Å². The molecule has 0 saturated carbocycles. The highest BCUT2D eigenvalue weighted by Gasteiger charge is 2.19. The number of nitrogens with one attached hydrogen (secondary N) is 1. The number of aryl methyl sites for hydroxylation is 1. The lowest BCUT2D eigenvalue weighted by molar-refractivity contribution is -0.118. The third kappa shape index (κ3) is 4.98. The van der Waals surface area contributed by atoms with Gasteiger partial charge in [-0.3, -0.25) is 10.1 Å².